The first-order chi connectivity index (χ1) is 22.5. The number of aromatic nitrogens is 2. The molecule has 1 saturated heterocycles. The highest BCUT2D eigenvalue weighted by atomic mass is 32.2. The Morgan fingerprint density at radius 1 is 1.04 bits per heavy atom. The Hall–Kier alpha value is -5.23. The molecule has 0 radical (unpaired) electrons. The van der Waals surface area contributed by atoms with Crippen molar-refractivity contribution in [3.63, 3.8) is 0 Å². The number of amides is 2. The number of carbonyl (C=O) groups is 3. The van der Waals surface area contributed by atoms with E-state index in [0.717, 1.165) is 11.1 Å². The van der Waals surface area contributed by atoms with Crippen LogP contribution in [0, 0.1) is 0 Å². The monoisotopic (exact) mass is 654 g/mol. The van der Waals surface area contributed by atoms with Gasteiger partial charge < -0.3 is 29.6 Å². The van der Waals surface area contributed by atoms with Crippen molar-refractivity contribution in [2.24, 2.45) is 0 Å². The topological polar surface area (TPSA) is 143 Å². The maximum Gasteiger partial charge on any atom is 0.408 e. The van der Waals surface area contributed by atoms with Gasteiger partial charge in [-0.2, -0.15) is 0 Å². The minimum Gasteiger partial charge on any atom is -0.504 e. The van der Waals surface area contributed by atoms with Crippen LogP contribution in [-0.2, 0) is 25.6 Å². The molecule has 0 spiro atoms. The molecule has 2 atom stereocenters. The van der Waals surface area contributed by atoms with E-state index >= 15 is 0 Å². The van der Waals surface area contributed by atoms with Gasteiger partial charge in [0.2, 0.25) is 0 Å². The number of phenolic OH excluding ortho intramolecular Hbond substituents is 2. The molecule has 2 amide bonds. The van der Waals surface area contributed by atoms with Gasteiger partial charge in [-0.15, -0.1) is 11.8 Å². The lowest BCUT2D eigenvalue weighted by molar-refractivity contribution is -0.153. The second-order valence-corrected chi connectivity index (χ2v) is 13.2. The molecule has 2 aliphatic rings. The number of fused-ring (bicyclic) bond motifs is 2. The molecule has 0 saturated carbocycles. The molecule has 3 N–H and O–H groups in total. The highest BCUT2D eigenvalue weighted by molar-refractivity contribution is 8.00. The molecule has 47 heavy (non-hydrogen) atoms. The van der Waals surface area contributed by atoms with Crippen molar-refractivity contribution < 1.29 is 34.1 Å². The van der Waals surface area contributed by atoms with Gasteiger partial charge in [-0.1, -0.05) is 72.8 Å². The largest absolute Gasteiger partial charge is 0.504 e. The average molecular weight is 655 g/mol. The van der Waals surface area contributed by atoms with Crippen molar-refractivity contribution in [1.29, 1.82) is 0 Å². The fourth-order valence-corrected chi connectivity index (χ4v) is 6.80. The van der Waals surface area contributed by atoms with E-state index in [9.17, 15) is 24.6 Å². The van der Waals surface area contributed by atoms with Crippen LogP contribution >= 0.6 is 11.8 Å². The second kappa shape index (κ2) is 12.9. The number of carbonyl (C=O) groups excluding carboxylic acids is 3. The minimum absolute atomic E-state index is 0.104. The molecule has 0 aliphatic carbocycles. The third-order valence-electron chi connectivity index (χ3n) is 7.63. The van der Waals surface area contributed by atoms with Gasteiger partial charge >= 0.3 is 12.1 Å². The molecule has 3 aromatic carbocycles. The van der Waals surface area contributed by atoms with Crippen molar-refractivity contribution in [2.45, 2.75) is 50.4 Å². The Bertz CT molecular complexity index is 1840. The highest BCUT2D eigenvalue weighted by Crippen LogP contribution is 2.42. The standard InChI is InChI=1S/C35H34N4O7S/c1-35(2,3)46-34(44)37-28-31(42)39-29(33(43)45-30(21-11-6-4-7-12-21)22-13-8-5-9-14-22)23(19-47-32(28)39)15-10-16-38-20-36-24-17-26(40)27(41)18-25(24)38/h4-15,17-18,20,28,30,32,40-41H,16,19H2,1-3H3,(H,37,44)/b15-10+/t28?,32-/m1/s1. The summed E-state index contributed by atoms with van der Waals surface area (Å²) < 4.78 is 13.3. The molecule has 1 aromatic heterocycles. The number of β-lactam (4-membered cyclic amide) rings is 1. The second-order valence-electron chi connectivity index (χ2n) is 12.1. The lowest BCUT2D eigenvalue weighted by Crippen LogP contribution is -2.70. The van der Waals surface area contributed by atoms with Crippen LogP contribution in [-0.4, -0.2) is 65.4 Å². The van der Waals surface area contributed by atoms with Gasteiger partial charge in [0, 0.05) is 24.4 Å². The molecule has 6 rings (SSSR count). The van der Waals surface area contributed by atoms with Crippen LogP contribution in [0.1, 0.15) is 38.0 Å². The summed E-state index contributed by atoms with van der Waals surface area (Å²) in [6, 6.07) is 20.7. The zero-order valence-electron chi connectivity index (χ0n) is 26.0. The number of imidazole rings is 1. The fourth-order valence-electron chi connectivity index (χ4n) is 5.48. The lowest BCUT2D eigenvalue weighted by atomic mass is 10.0. The van der Waals surface area contributed by atoms with Gasteiger partial charge in [-0.05, 0) is 37.5 Å². The number of rotatable bonds is 8. The number of ether oxygens (including phenoxy) is 2. The number of phenols is 2. The smallest absolute Gasteiger partial charge is 0.408 e. The molecule has 1 fully saturated rings. The predicted octanol–water partition coefficient (Wildman–Crippen LogP) is 5.40. The van der Waals surface area contributed by atoms with E-state index in [-0.39, 0.29) is 17.2 Å². The number of hydrogen-bond acceptors (Lipinski definition) is 9. The third kappa shape index (κ3) is 6.68. The molecule has 3 heterocycles. The maximum absolute atomic E-state index is 14.2. The summed E-state index contributed by atoms with van der Waals surface area (Å²) in [6.07, 6.45) is 3.73. The number of aromatic hydroxyl groups is 2. The van der Waals surface area contributed by atoms with Crippen LogP contribution in [0.25, 0.3) is 11.0 Å². The van der Waals surface area contributed by atoms with Crippen molar-refractivity contribution in [2.75, 3.05) is 5.75 Å². The molecule has 242 valence electrons. The SMILES string of the molecule is CC(C)(C)OC(=O)NC1C(=O)N2C(C(=O)OC(c3ccccc3)c3ccccc3)=C(/C=C/Cn3cnc4cc(O)c(O)cc43)CS[C@H]12. The van der Waals surface area contributed by atoms with Gasteiger partial charge in [-0.3, -0.25) is 9.69 Å². The number of esters is 1. The number of allylic oxidation sites excluding steroid dienone is 2. The van der Waals surface area contributed by atoms with E-state index < -0.39 is 41.1 Å². The van der Waals surface area contributed by atoms with Crippen LogP contribution in [0.4, 0.5) is 4.79 Å². The predicted molar refractivity (Wildman–Crippen MR) is 176 cm³/mol. The summed E-state index contributed by atoms with van der Waals surface area (Å²) in [4.78, 5) is 45.9. The maximum atomic E-state index is 14.2. The fraction of sp³-hybridized carbons (Fsp3) is 0.257. The average Bonchev–Trinajstić information content (AvgIpc) is 3.43. The number of alkyl carbamates (subject to hydrolysis) is 1. The molecular weight excluding hydrogens is 620 g/mol. The van der Waals surface area contributed by atoms with E-state index in [1.165, 1.54) is 28.8 Å². The summed E-state index contributed by atoms with van der Waals surface area (Å²) in [5, 5.41) is 21.9. The first kappa shape index (κ1) is 31.7. The van der Waals surface area contributed by atoms with E-state index in [1.54, 1.807) is 37.7 Å². The molecule has 4 aromatic rings. The third-order valence-corrected chi connectivity index (χ3v) is 8.93. The van der Waals surface area contributed by atoms with Gasteiger partial charge in [-0.25, -0.2) is 14.6 Å². The van der Waals surface area contributed by atoms with E-state index in [1.807, 2.05) is 66.7 Å². The van der Waals surface area contributed by atoms with Gasteiger partial charge in [0.25, 0.3) is 5.91 Å². The molecule has 2 aliphatic heterocycles. The Kier molecular flexibility index (Phi) is 8.69. The Balaban J connectivity index is 1.31. The van der Waals surface area contributed by atoms with Crippen molar-refractivity contribution in [3.8, 4) is 11.5 Å². The number of benzene rings is 3. The van der Waals surface area contributed by atoms with Gasteiger partial charge in [0.1, 0.15) is 22.7 Å². The van der Waals surface area contributed by atoms with Crippen LogP contribution in [0.5, 0.6) is 11.5 Å². The summed E-state index contributed by atoms with van der Waals surface area (Å²) in [6.45, 7) is 5.54. The molecule has 12 heteroatoms. The zero-order valence-corrected chi connectivity index (χ0v) is 26.8. The summed E-state index contributed by atoms with van der Waals surface area (Å²) in [7, 11) is 0. The lowest BCUT2D eigenvalue weighted by Gasteiger charge is -2.49. The summed E-state index contributed by atoms with van der Waals surface area (Å²) >= 11 is 1.42. The number of nitrogens with zero attached hydrogens (tertiary/aromatic N) is 3. The van der Waals surface area contributed by atoms with Crippen molar-refractivity contribution in [3.05, 3.63) is 114 Å². The molecular formula is C35H34N4O7S. The summed E-state index contributed by atoms with van der Waals surface area (Å²) in [5.74, 6) is -1.28. The first-order valence-electron chi connectivity index (χ1n) is 15.0. The van der Waals surface area contributed by atoms with Crippen molar-refractivity contribution in [1.82, 2.24) is 19.8 Å². The Morgan fingerprint density at radius 2 is 1.68 bits per heavy atom. The van der Waals surface area contributed by atoms with E-state index in [4.69, 9.17) is 9.47 Å². The van der Waals surface area contributed by atoms with Crippen LogP contribution in [0.15, 0.2) is 103 Å². The van der Waals surface area contributed by atoms with Crippen LogP contribution < -0.4 is 5.32 Å². The number of nitrogens with one attached hydrogen (secondary N) is 1. The molecule has 1 unspecified atom stereocenters. The Labute approximate surface area is 275 Å². The van der Waals surface area contributed by atoms with Gasteiger partial charge in [0.15, 0.2) is 17.6 Å². The first-order valence-corrected chi connectivity index (χ1v) is 16.1. The van der Waals surface area contributed by atoms with Crippen molar-refractivity contribution >= 4 is 40.8 Å². The zero-order chi connectivity index (χ0) is 33.3. The molecule has 11 nitrogen and oxygen atoms in total. The highest BCUT2D eigenvalue weighted by Gasteiger charge is 2.54. The quantitative estimate of drug-likeness (QED) is 0.129. The minimum atomic E-state index is -0.872. The summed E-state index contributed by atoms with van der Waals surface area (Å²) in [5.41, 5.74) is 2.60. The van der Waals surface area contributed by atoms with Crippen LogP contribution in [0.2, 0.25) is 0 Å². The normalized spacial score (nSPS) is 18.0. The number of thioether (sulfide) groups is 1. The van der Waals surface area contributed by atoms with E-state index in [0.29, 0.717) is 28.9 Å². The van der Waals surface area contributed by atoms with E-state index in [2.05, 4.69) is 10.3 Å². The Morgan fingerprint density at radius 3 is 2.32 bits per heavy atom. The van der Waals surface area contributed by atoms with Crippen LogP contribution in [0.3, 0.4) is 0 Å². The molecule has 0 bridgehead atoms. The van der Waals surface area contributed by atoms with Gasteiger partial charge in [0.05, 0.1) is 17.4 Å². The number of hydrogen-bond donors (Lipinski definition) is 3.